The minimum absolute atomic E-state index is 0.387. The Bertz CT molecular complexity index is 879. The molecule has 4 rings (SSSR count). The average molecular weight is 389 g/mol. The summed E-state index contributed by atoms with van der Waals surface area (Å²) in [6.07, 6.45) is 5.11. The van der Waals surface area contributed by atoms with E-state index in [0.717, 1.165) is 37.1 Å². The van der Waals surface area contributed by atoms with E-state index in [1.807, 2.05) is 31.2 Å². The summed E-state index contributed by atoms with van der Waals surface area (Å²) in [6, 6.07) is 11.6. The van der Waals surface area contributed by atoms with Gasteiger partial charge in [-0.15, -0.1) is 0 Å². The zero-order valence-corrected chi connectivity index (χ0v) is 16.9. The van der Waals surface area contributed by atoms with E-state index in [1.165, 1.54) is 0 Å². The third-order valence-corrected chi connectivity index (χ3v) is 8.03. The Morgan fingerprint density at radius 1 is 1.19 bits per heavy atom. The van der Waals surface area contributed by atoms with E-state index < -0.39 is 10.0 Å². The van der Waals surface area contributed by atoms with Crippen LogP contribution in [0.4, 0.5) is 0 Å². The fourth-order valence-corrected chi connectivity index (χ4v) is 6.47. The molecule has 0 amide bonds. The van der Waals surface area contributed by atoms with Crippen LogP contribution >= 0.6 is 0 Å². The molecule has 2 aromatic rings. The second-order valence-corrected chi connectivity index (χ2v) is 9.99. The van der Waals surface area contributed by atoms with Crippen molar-refractivity contribution < 1.29 is 12.8 Å². The summed E-state index contributed by atoms with van der Waals surface area (Å²) in [5, 5.41) is 0. The number of hydrogen-bond donors (Lipinski definition) is 0. The zero-order chi connectivity index (χ0) is 19.0. The molecular weight excluding hydrogens is 360 g/mol. The van der Waals surface area contributed by atoms with Gasteiger partial charge in [0, 0.05) is 19.1 Å². The molecule has 1 aliphatic heterocycles. The fraction of sp³-hybridized carbons (Fsp3) is 0.524. The van der Waals surface area contributed by atoms with Crippen LogP contribution in [0.5, 0.6) is 0 Å². The van der Waals surface area contributed by atoms with Gasteiger partial charge in [-0.3, -0.25) is 4.90 Å². The van der Waals surface area contributed by atoms with Crippen LogP contribution in [0.3, 0.4) is 0 Å². The monoisotopic (exact) mass is 388 g/mol. The molecule has 0 spiro atoms. The lowest BCUT2D eigenvalue weighted by molar-refractivity contribution is 0.0999. The summed E-state index contributed by atoms with van der Waals surface area (Å²) in [5.74, 6) is 1.79. The van der Waals surface area contributed by atoms with Gasteiger partial charge in [0.2, 0.25) is 10.0 Å². The van der Waals surface area contributed by atoms with Crippen LogP contribution in [0.15, 0.2) is 52.0 Å². The van der Waals surface area contributed by atoms with Crippen molar-refractivity contribution in [3.05, 3.63) is 54.0 Å². The Morgan fingerprint density at radius 2 is 2.04 bits per heavy atom. The van der Waals surface area contributed by atoms with Crippen LogP contribution < -0.4 is 0 Å². The molecule has 1 saturated carbocycles. The molecule has 3 unspecified atom stereocenters. The number of rotatable bonds is 5. The molecule has 2 heterocycles. The van der Waals surface area contributed by atoms with E-state index in [9.17, 15) is 8.42 Å². The molecule has 146 valence electrons. The topological polar surface area (TPSA) is 53.8 Å². The molecule has 1 saturated heterocycles. The second kappa shape index (κ2) is 7.41. The van der Waals surface area contributed by atoms with Gasteiger partial charge in [0.25, 0.3) is 0 Å². The van der Waals surface area contributed by atoms with Crippen molar-refractivity contribution in [2.24, 2.45) is 11.8 Å². The molecule has 2 fully saturated rings. The molecule has 3 atom stereocenters. The predicted octanol–water partition coefficient (Wildman–Crippen LogP) is 3.51. The van der Waals surface area contributed by atoms with Crippen LogP contribution in [0, 0.1) is 18.8 Å². The van der Waals surface area contributed by atoms with Crippen molar-refractivity contribution >= 4 is 10.0 Å². The molecular formula is C21H28N2O3S. The highest BCUT2D eigenvalue weighted by molar-refractivity contribution is 7.89. The number of nitrogens with zero attached hydrogens (tertiary/aromatic N) is 2. The minimum Gasteiger partial charge on any atom is -0.468 e. The third-order valence-electron chi connectivity index (χ3n) is 6.21. The van der Waals surface area contributed by atoms with E-state index in [0.29, 0.717) is 35.9 Å². The molecule has 1 aromatic carbocycles. The summed E-state index contributed by atoms with van der Waals surface area (Å²) < 4.78 is 33.5. The first-order valence-electron chi connectivity index (χ1n) is 9.74. The quantitative estimate of drug-likeness (QED) is 0.787. The van der Waals surface area contributed by atoms with E-state index in [2.05, 4.69) is 11.9 Å². The fourth-order valence-electron chi connectivity index (χ4n) is 4.83. The summed E-state index contributed by atoms with van der Waals surface area (Å²) in [6.45, 7) is 3.97. The van der Waals surface area contributed by atoms with Crippen molar-refractivity contribution in [2.75, 3.05) is 20.1 Å². The molecule has 1 aromatic heterocycles. The van der Waals surface area contributed by atoms with Crippen LogP contribution in [-0.4, -0.2) is 43.8 Å². The maximum atomic E-state index is 13.2. The van der Waals surface area contributed by atoms with Gasteiger partial charge in [-0.05, 0) is 68.5 Å². The maximum Gasteiger partial charge on any atom is 0.243 e. The predicted molar refractivity (Wildman–Crippen MR) is 105 cm³/mol. The highest BCUT2D eigenvalue weighted by Crippen LogP contribution is 2.40. The second-order valence-electron chi connectivity index (χ2n) is 8.06. The number of sulfonamides is 1. The smallest absolute Gasteiger partial charge is 0.243 e. The first kappa shape index (κ1) is 18.7. The lowest BCUT2D eigenvalue weighted by Crippen LogP contribution is -2.43. The van der Waals surface area contributed by atoms with Gasteiger partial charge in [-0.1, -0.05) is 18.6 Å². The van der Waals surface area contributed by atoms with Gasteiger partial charge in [-0.2, -0.15) is 4.31 Å². The Balaban J connectivity index is 1.52. The van der Waals surface area contributed by atoms with Crippen molar-refractivity contribution in [1.82, 2.24) is 9.21 Å². The summed E-state index contributed by atoms with van der Waals surface area (Å²) >= 11 is 0. The number of fused-ring (bicyclic) bond motifs is 1. The average Bonchev–Trinajstić information content (AvgIpc) is 3.30. The van der Waals surface area contributed by atoms with Crippen LogP contribution in [0.25, 0.3) is 0 Å². The summed E-state index contributed by atoms with van der Waals surface area (Å²) in [5.41, 5.74) is 0.976. The highest BCUT2D eigenvalue weighted by atomic mass is 32.2. The Morgan fingerprint density at radius 3 is 2.78 bits per heavy atom. The summed E-state index contributed by atoms with van der Waals surface area (Å²) in [7, 11) is -1.29. The van der Waals surface area contributed by atoms with Gasteiger partial charge in [0.1, 0.15) is 5.76 Å². The number of benzene rings is 1. The molecule has 0 bridgehead atoms. The largest absolute Gasteiger partial charge is 0.468 e. The maximum absolute atomic E-state index is 13.2. The van der Waals surface area contributed by atoms with Crippen LogP contribution in [0.1, 0.15) is 30.6 Å². The van der Waals surface area contributed by atoms with Gasteiger partial charge in [0.05, 0.1) is 17.7 Å². The van der Waals surface area contributed by atoms with E-state index in [-0.39, 0.29) is 0 Å². The first-order valence-corrected chi connectivity index (χ1v) is 11.2. The van der Waals surface area contributed by atoms with Crippen molar-refractivity contribution in [2.45, 2.75) is 43.7 Å². The minimum atomic E-state index is -3.42. The highest BCUT2D eigenvalue weighted by Gasteiger charge is 2.45. The normalized spacial score (nSPS) is 26.4. The van der Waals surface area contributed by atoms with Gasteiger partial charge in [0.15, 0.2) is 0 Å². The number of hydrogen-bond acceptors (Lipinski definition) is 4. The molecule has 1 aliphatic carbocycles. The Hall–Kier alpha value is -1.63. The molecule has 2 aliphatic rings. The third kappa shape index (κ3) is 3.71. The Kier molecular flexibility index (Phi) is 5.14. The van der Waals surface area contributed by atoms with Crippen molar-refractivity contribution in [3.8, 4) is 0 Å². The molecule has 0 radical (unpaired) electrons. The number of aryl methyl sites for hydroxylation is 1. The van der Waals surface area contributed by atoms with E-state index in [1.54, 1.807) is 22.7 Å². The molecule has 6 heteroatoms. The van der Waals surface area contributed by atoms with E-state index in [4.69, 9.17) is 4.42 Å². The van der Waals surface area contributed by atoms with Crippen LogP contribution in [-0.2, 0) is 16.6 Å². The molecule has 27 heavy (non-hydrogen) atoms. The lowest BCUT2D eigenvalue weighted by Gasteiger charge is -2.38. The molecule has 0 N–H and O–H groups in total. The van der Waals surface area contributed by atoms with Gasteiger partial charge >= 0.3 is 0 Å². The lowest BCUT2D eigenvalue weighted by atomic mass is 9.77. The SMILES string of the molecule is Cc1cccc(S(=O)(=O)N2CC3CCCC(N(C)Cc4ccco4)C3C2)c1. The Labute approximate surface area is 162 Å². The summed E-state index contributed by atoms with van der Waals surface area (Å²) in [4.78, 5) is 2.76. The van der Waals surface area contributed by atoms with Crippen LogP contribution in [0.2, 0.25) is 0 Å². The van der Waals surface area contributed by atoms with Gasteiger partial charge in [-0.25, -0.2) is 8.42 Å². The standard InChI is InChI=1S/C21H28N2O3S/c1-16-6-3-9-19(12-16)27(24,25)23-13-17-7-4-10-21(20(17)15-23)22(2)14-18-8-5-11-26-18/h3,5-6,8-9,11-12,17,20-21H,4,7,10,13-15H2,1-2H3. The number of furan rings is 1. The molecule has 5 nitrogen and oxygen atoms in total. The van der Waals surface area contributed by atoms with E-state index >= 15 is 0 Å². The van der Waals surface area contributed by atoms with Crippen molar-refractivity contribution in [3.63, 3.8) is 0 Å². The van der Waals surface area contributed by atoms with Crippen molar-refractivity contribution in [1.29, 1.82) is 0 Å². The first-order chi connectivity index (χ1) is 12.9. The zero-order valence-electron chi connectivity index (χ0n) is 16.0. The van der Waals surface area contributed by atoms with Gasteiger partial charge < -0.3 is 4.42 Å².